The number of carbonyl (C=O) groups excluding carboxylic acids is 3. The summed E-state index contributed by atoms with van der Waals surface area (Å²) in [6, 6.07) is 0. The summed E-state index contributed by atoms with van der Waals surface area (Å²) in [5.41, 5.74) is 0. The molecule has 436 valence electrons. The molecule has 0 spiro atoms. The number of unbranched alkanes of at least 4 members (excludes halogenated alkanes) is 36. The molecule has 2 fully saturated rings. The van der Waals surface area contributed by atoms with Crippen molar-refractivity contribution in [2.75, 3.05) is 19.8 Å². The van der Waals surface area contributed by atoms with Gasteiger partial charge >= 0.3 is 17.9 Å². The molecule has 9 unspecified atom stereocenters. The van der Waals surface area contributed by atoms with E-state index < -0.39 is 92.5 Å². The van der Waals surface area contributed by atoms with Crippen molar-refractivity contribution in [1.82, 2.24) is 0 Å². The molecule has 0 aromatic rings. The molecule has 0 aliphatic carbocycles. The summed E-state index contributed by atoms with van der Waals surface area (Å²) in [5, 5.41) is 55.7. The molecule has 0 saturated carbocycles. The number of esters is 3. The van der Waals surface area contributed by atoms with Gasteiger partial charge in [-0.2, -0.15) is 0 Å². The largest absolute Gasteiger partial charge is 0.463 e. The van der Waals surface area contributed by atoms with Gasteiger partial charge in [0.15, 0.2) is 6.29 Å². The summed E-state index contributed by atoms with van der Waals surface area (Å²) >= 11 is 0. The van der Waals surface area contributed by atoms with Gasteiger partial charge in [-0.25, -0.2) is 0 Å². The van der Waals surface area contributed by atoms with Crippen molar-refractivity contribution in [3.8, 4) is 0 Å². The number of hydrogen-bond acceptors (Lipinski definition) is 14. The highest BCUT2D eigenvalue weighted by Gasteiger charge is 2.60. The first kappa shape index (κ1) is 68.2. The molecule has 14 nitrogen and oxygen atoms in total. The highest BCUT2D eigenvalue weighted by Crippen LogP contribution is 2.37. The normalized spacial score (nSPS) is 23.8. The molecule has 74 heavy (non-hydrogen) atoms. The smallest absolute Gasteiger partial charge is 0.305 e. The van der Waals surface area contributed by atoms with E-state index in [1.807, 2.05) is 0 Å². The van der Waals surface area contributed by atoms with Crippen LogP contribution in [0.15, 0.2) is 0 Å². The van der Waals surface area contributed by atoms with Gasteiger partial charge in [0, 0.05) is 19.3 Å². The first-order valence-electron chi connectivity index (χ1n) is 30.9. The first-order valence-corrected chi connectivity index (χ1v) is 30.9. The quantitative estimate of drug-likeness (QED) is 0.0218. The van der Waals surface area contributed by atoms with Crippen LogP contribution in [0.1, 0.15) is 290 Å². The maximum atomic E-state index is 13.1. The van der Waals surface area contributed by atoms with E-state index in [0.717, 1.165) is 64.2 Å². The number of ether oxygens (including phenoxy) is 6. The van der Waals surface area contributed by atoms with Gasteiger partial charge in [0.2, 0.25) is 5.79 Å². The molecular formula is C60H112O14. The van der Waals surface area contributed by atoms with Crippen LogP contribution in [0, 0.1) is 0 Å². The molecule has 0 aromatic heterocycles. The van der Waals surface area contributed by atoms with Crippen molar-refractivity contribution in [3.63, 3.8) is 0 Å². The minimum absolute atomic E-state index is 0.0902. The van der Waals surface area contributed by atoms with Gasteiger partial charge in [0.05, 0.1) is 0 Å². The Hall–Kier alpha value is -1.91. The van der Waals surface area contributed by atoms with Crippen LogP contribution >= 0.6 is 0 Å². The van der Waals surface area contributed by atoms with Gasteiger partial charge in [-0.15, -0.1) is 0 Å². The lowest BCUT2D eigenvalue weighted by molar-refractivity contribution is -0.383. The Morgan fingerprint density at radius 3 is 1.00 bits per heavy atom. The first-order chi connectivity index (χ1) is 36.0. The minimum atomic E-state index is -2.35. The highest BCUT2D eigenvalue weighted by molar-refractivity contribution is 5.70. The Labute approximate surface area is 449 Å². The van der Waals surface area contributed by atoms with E-state index in [1.165, 1.54) is 167 Å². The zero-order valence-corrected chi connectivity index (χ0v) is 47.3. The van der Waals surface area contributed by atoms with Gasteiger partial charge in [-0.1, -0.05) is 252 Å². The second-order valence-corrected chi connectivity index (χ2v) is 22.0. The predicted octanol–water partition coefficient (Wildman–Crippen LogP) is 12.7. The molecule has 0 amide bonds. The van der Waals surface area contributed by atoms with E-state index in [1.54, 1.807) is 0 Å². The molecule has 0 bridgehead atoms. The average molecular weight is 1060 g/mol. The van der Waals surface area contributed by atoms with Gasteiger partial charge in [0.25, 0.3) is 0 Å². The Balaban J connectivity index is 1.90. The van der Waals surface area contributed by atoms with Crippen molar-refractivity contribution in [3.05, 3.63) is 0 Å². The van der Waals surface area contributed by atoms with Crippen LogP contribution in [-0.2, 0) is 42.8 Å². The molecule has 2 rings (SSSR count). The zero-order valence-electron chi connectivity index (χ0n) is 47.3. The van der Waals surface area contributed by atoms with Crippen molar-refractivity contribution < 1.29 is 68.3 Å². The number of aliphatic hydroxyl groups excluding tert-OH is 5. The second kappa shape index (κ2) is 45.0. The predicted molar refractivity (Wildman–Crippen MR) is 291 cm³/mol. The van der Waals surface area contributed by atoms with Crippen molar-refractivity contribution >= 4 is 17.9 Å². The number of aliphatic hydroxyl groups is 5. The van der Waals surface area contributed by atoms with Gasteiger partial charge in [0.1, 0.15) is 62.5 Å². The van der Waals surface area contributed by atoms with E-state index in [0.29, 0.717) is 19.3 Å². The Morgan fingerprint density at radius 2 is 0.662 bits per heavy atom. The SMILES string of the molecule is CCCCCCCCCCCCCCCC(=O)OCC1OC(OC2(COC(=O)CCCCCCCCCCCCCCC)OC(COC(=O)CCCCCCCCCCCCCCC)C(O)C2O)C(O)C(O)C1O. The van der Waals surface area contributed by atoms with Crippen LogP contribution in [0.25, 0.3) is 0 Å². The molecule has 0 aromatic carbocycles. The molecule has 5 N–H and O–H groups in total. The minimum Gasteiger partial charge on any atom is -0.463 e. The lowest BCUT2D eigenvalue weighted by Gasteiger charge is -2.43. The highest BCUT2D eigenvalue weighted by atomic mass is 16.8. The van der Waals surface area contributed by atoms with Crippen molar-refractivity contribution in [2.45, 2.75) is 345 Å². The Bertz CT molecular complexity index is 1350. The van der Waals surface area contributed by atoms with Gasteiger partial charge in [-0.05, 0) is 19.3 Å². The van der Waals surface area contributed by atoms with Crippen LogP contribution in [0.3, 0.4) is 0 Å². The summed E-state index contributed by atoms with van der Waals surface area (Å²) in [6.07, 6.45) is 32.4. The van der Waals surface area contributed by atoms with E-state index in [4.69, 9.17) is 28.4 Å². The summed E-state index contributed by atoms with van der Waals surface area (Å²) in [6.45, 7) is 5.05. The number of carbonyl (C=O) groups is 3. The number of hydrogen-bond donors (Lipinski definition) is 5. The van der Waals surface area contributed by atoms with Crippen LogP contribution in [0.4, 0.5) is 0 Å². The molecule has 9 atom stereocenters. The van der Waals surface area contributed by atoms with Crippen molar-refractivity contribution in [1.29, 1.82) is 0 Å². The van der Waals surface area contributed by atoms with E-state index in [9.17, 15) is 39.9 Å². The molecular weight excluding hydrogens is 945 g/mol. The van der Waals surface area contributed by atoms with Crippen LogP contribution in [0.5, 0.6) is 0 Å². The van der Waals surface area contributed by atoms with E-state index in [2.05, 4.69) is 20.8 Å². The fraction of sp³-hybridized carbons (Fsp3) is 0.950. The van der Waals surface area contributed by atoms with Crippen LogP contribution in [0.2, 0.25) is 0 Å². The van der Waals surface area contributed by atoms with Crippen molar-refractivity contribution in [2.24, 2.45) is 0 Å². The van der Waals surface area contributed by atoms with Crippen LogP contribution < -0.4 is 0 Å². The van der Waals surface area contributed by atoms with E-state index >= 15 is 0 Å². The summed E-state index contributed by atoms with van der Waals surface area (Å²) < 4.78 is 34.6. The summed E-state index contributed by atoms with van der Waals surface area (Å²) in [7, 11) is 0. The Morgan fingerprint density at radius 1 is 0.365 bits per heavy atom. The molecule has 2 aliphatic rings. The summed E-state index contributed by atoms with van der Waals surface area (Å²) in [5.74, 6) is -3.93. The maximum Gasteiger partial charge on any atom is 0.305 e. The van der Waals surface area contributed by atoms with Crippen LogP contribution in [-0.4, -0.2) is 118 Å². The maximum absolute atomic E-state index is 13.1. The third-order valence-electron chi connectivity index (χ3n) is 15.2. The monoisotopic (exact) mass is 1060 g/mol. The molecule has 0 radical (unpaired) electrons. The standard InChI is InChI=1S/C60H112O14/c1-4-7-10-13-16-19-22-25-28-31-34-37-40-43-51(61)69-46-49-54(64)56(66)57(67)59(72-49)74-60(48-71-53(63)45-42-39-36-33-30-27-24-21-18-15-12-9-6-3)58(68)55(65)50(73-60)47-70-52(62)44-41-38-35-32-29-26-23-20-17-14-11-8-5-2/h49-50,54-59,64-68H,4-48H2,1-3H3. The Kier molecular flexibility index (Phi) is 41.5. The van der Waals surface area contributed by atoms with Gasteiger partial charge < -0.3 is 54.0 Å². The zero-order chi connectivity index (χ0) is 53.9. The molecule has 14 heteroatoms. The fourth-order valence-electron chi connectivity index (χ4n) is 10.2. The lowest BCUT2D eigenvalue weighted by Crippen LogP contribution is -2.63. The van der Waals surface area contributed by atoms with E-state index in [-0.39, 0.29) is 19.3 Å². The molecule has 2 heterocycles. The average Bonchev–Trinajstić information content (AvgIpc) is 3.63. The third kappa shape index (κ3) is 31.5. The summed E-state index contributed by atoms with van der Waals surface area (Å²) in [4.78, 5) is 38.7. The third-order valence-corrected chi connectivity index (χ3v) is 15.2. The van der Waals surface area contributed by atoms with Gasteiger partial charge in [-0.3, -0.25) is 14.4 Å². The molecule has 2 aliphatic heterocycles. The topological polar surface area (TPSA) is 208 Å². The number of rotatable bonds is 50. The second-order valence-electron chi connectivity index (χ2n) is 22.0. The fourth-order valence-corrected chi connectivity index (χ4v) is 10.2. The lowest BCUT2D eigenvalue weighted by atomic mass is 9.99. The molecule has 2 saturated heterocycles.